The van der Waals surface area contributed by atoms with Crippen molar-refractivity contribution >= 4 is 5.97 Å². The number of carbonyl (C=O) groups is 1. The van der Waals surface area contributed by atoms with Crippen LogP contribution in [0.25, 0.3) is 0 Å². The standard InChI is InChI=1S/C12H22N4O2/c1-8(2)16-10(14-7-15-16)6-9(13)11(17)18-12(3,4)5/h7-9H,6,13H2,1-5H3. The van der Waals surface area contributed by atoms with E-state index in [0.717, 1.165) is 0 Å². The van der Waals surface area contributed by atoms with Gasteiger partial charge in [-0.15, -0.1) is 0 Å². The molecule has 18 heavy (non-hydrogen) atoms. The Morgan fingerprint density at radius 3 is 2.61 bits per heavy atom. The Balaban J connectivity index is 2.67. The summed E-state index contributed by atoms with van der Waals surface area (Å²) in [5.74, 6) is 0.282. The fraction of sp³-hybridized carbons (Fsp3) is 0.750. The van der Waals surface area contributed by atoms with Gasteiger partial charge in [-0.25, -0.2) is 9.67 Å². The summed E-state index contributed by atoms with van der Waals surface area (Å²) in [4.78, 5) is 15.9. The van der Waals surface area contributed by atoms with Crippen LogP contribution in [0.4, 0.5) is 0 Å². The zero-order chi connectivity index (χ0) is 13.9. The molecule has 1 aromatic rings. The van der Waals surface area contributed by atoms with Crippen LogP contribution in [0.3, 0.4) is 0 Å². The van der Waals surface area contributed by atoms with Gasteiger partial charge in [0, 0.05) is 12.5 Å². The molecule has 0 saturated carbocycles. The molecule has 1 heterocycles. The van der Waals surface area contributed by atoms with Crippen molar-refractivity contribution in [2.24, 2.45) is 5.73 Å². The smallest absolute Gasteiger partial charge is 0.323 e. The minimum Gasteiger partial charge on any atom is -0.459 e. The molecular formula is C12H22N4O2. The molecule has 0 saturated heterocycles. The van der Waals surface area contributed by atoms with E-state index in [1.165, 1.54) is 6.33 Å². The van der Waals surface area contributed by atoms with Gasteiger partial charge in [0.2, 0.25) is 0 Å². The third-order valence-electron chi connectivity index (χ3n) is 2.25. The van der Waals surface area contributed by atoms with Crippen LogP contribution in [0.1, 0.15) is 46.5 Å². The Labute approximate surface area is 108 Å². The Morgan fingerprint density at radius 2 is 2.11 bits per heavy atom. The quantitative estimate of drug-likeness (QED) is 0.813. The Hall–Kier alpha value is -1.43. The van der Waals surface area contributed by atoms with Gasteiger partial charge < -0.3 is 10.5 Å². The van der Waals surface area contributed by atoms with Crippen LogP contribution in [0.5, 0.6) is 0 Å². The van der Waals surface area contributed by atoms with Crippen molar-refractivity contribution in [2.75, 3.05) is 0 Å². The number of nitrogens with zero attached hydrogens (tertiary/aromatic N) is 3. The number of carbonyl (C=O) groups excluding carboxylic acids is 1. The Morgan fingerprint density at radius 1 is 1.50 bits per heavy atom. The number of aromatic nitrogens is 3. The lowest BCUT2D eigenvalue weighted by atomic mass is 10.1. The molecular weight excluding hydrogens is 232 g/mol. The van der Waals surface area contributed by atoms with E-state index in [4.69, 9.17) is 10.5 Å². The molecule has 0 aromatic carbocycles. The predicted octanol–water partition coefficient (Wildman–Crippen LogP) is 1.07. The molecule has 0 fully saturated rings. The van der Waals surface area contributed by atoms with E-state index in [-0.39, 0.29) is 6.04 Å². The maximum atomic E-state index is 11.8. The van der Waals surface area contributed by atoms with Crippen molar-refractivity contribution < 1.29 is 9.53 Å². The second-order valence-corrected chi connectivity index (χ2v) is 5.56. The van der Waals surface area contributed by atoms with Gasteiger partial charge in [-0.1, -0.05) is 0 Å². The van der Waals surface area contributed by atoms with Gasteiger partial charge >= 0.3 is 5.97 Å². The zero-order valence-corrected chi connectivity index (χ0v) is 11.7. The third-order valence-corrected chi connectivity index (χ3v) is 2.25. The molecule has 0 spiro atoms. The monoisotopic (exact) mass is 254 g/mol. The first-order valence-electron chi connectivity index (χ1n) is 6.07. The minimum atomic E-state index is -0.717. The number of rotatable bonds is 4. The summed E-state index contributed by atoms with van der Waals surface area (Å²) in [5, 5.41) is 4.10. The van der Waals surface area contributed by atoms with Crippen molar-refractivity contribution in [2.45, 2.75) is 58.7 Å². The van der Waals surface area contributed by atoms with E-state index in [1.807, 2.05) is 34.6 Å². The van der Waals surface area contributed by atoms with Crippen molar-refractivity contribution in [3.8, 4) is 0 Å². The molecule has 0 amide bonds. The van der Waals surface area contributed by atoms with Gasteiger partial charge in [0.05, 0.1) is 0 Å². The van der Waals surface area contributed by atoms with Crippen LogP contribution in [0, 0.1) is 0 Å². The average Bonchev–Trinajstić information content (AvgIpc) is 2.62. The van der Waals surface area contributed by atoms with E-state index in [0.29, 0.717) is 12.2 Å². The second kappa shape index (κ2) is 5.48. The normalized spacial score (nSPS) is 13.7. The van der Waals surface area contributed by atoms with E-state index in [1.54, 1.807) is 4.68 Å². The highest BCUT2D eigenvalue weighted by atomic mass is 16.6. The first kappa shape index (κ1) is 14.6. The molecule has 0 aliphatic heterocycles. The summed E-state index contributed by atoms with van der Waals surface area (Å²) in [6.45, 7) is 9.44. The van der Waals surface area contributed by atoms with Gasteiger partial charge in [0.25, 0.3) is 0 Å². The SMILES string of the molecule is CC(C)n1ncnc1CC(N)C(=O)OC(C)(C)C. The van der Waals surface area contributed by atoms with Crippen molar-refractivity contribution in [3.63, 3.8) is 0 Å². The summed E-state index contributed by atoms with van der Waals surface area (Å²) < 4.78 is 6.98. The first-order valence-corrected chi connectivity index (χ1v) is 6.07. The Bertz CT molecular complexity index is 406. The van der Waals surface area contributed by atoms with Gasteiger partial charge in [0.1, 0.15) is 23.8 Å². The highest BCUT2D eigenvalue weighted by Crippen LogP contribution is 2.11. The molecule has 1 rings (SSSR count). The van der Waals surface area contributed by atoms with Crippen LogP contribution >= 0.6 is 0 Å². The maximum absolute atomic E-state index is 11.8. The number of hydrogen-bond donors (Lipinski definition) is 1. The number of nitrogens with two attached hydrogens (primary N) is 1. The first-order chi connectivity index (χ1) is 8.20. The lowest BCUT2D eigenvalue weighted by Crippen LogP contribution is -2.39. The fourth-order valence-corrected chi connectivity index (χ4v) is 1.51. The summed E-state index contributed by atoms with van der Waals surface area (Å²) in [6, 6.07) is -0.528. The fourth-order valence-electron chi connectivity index (χ4n) is 1.51. The van der Waals surface area contributed by atoms with Gasteiger partial charge in [-0.2, -0.15) is 5.10 Å². The topological polar surface area (TPSA) is 83.0 Å². The van der Waals surface area contributed by atoms with Crippen molar-refractivity contribution in [1.82, 2.24) is 14.8 Å². The van der Waals surface area contributed by atoms with Crippen LogP contribution in [0.15, 0.2) is 6.33 Å². The van der Waals surface area contributed by atoms with Gasteiger partial charge in [-0.3, -0.25) is 4.79 Å². The average molecular weight is 254 g/mol. The predicted molar refractivity (Wildman–Crippen MR) is 67.9 cm³/mol. The summed E-state index contributed by atoms with van der Waals surface area (Å²) >= 11 is 0. The van der Waals surface area contributed by atoms with Crippen molar-refractivity contribution in [3.05, 3.63) is 12.2 Å². The molecule has 2 N–H and O–H groups in total. The molecule has 0 aliphatic carbocycles. The summed E-state index contributed by atoms with van der Waals surface area (Å²) in [6.07, 6.45) is 1.80. The van der Waals surface area contributed by atoms with E-state index in [9.17, 15) is 4.79 Å². The molecule has 1 atom stereocenters. The summed E-state index contributed by atoms with van der Waals surface area (Å²) in [5.41, 5.74) is 5.30. The molecule has 6 heteroatoms. The number of ether oxygens (including phenoxy) is 1. The van der Waals surface area contributed by atoms with Gasteiger partial charge in [0.15, 0.2) is 0 Å². The minimum absolute atomic E-state index is 0.188. The van der Waals surface area contributed by atoms with Crippen LogP contribution < -0.4 is 5.73 Å². The van der Waals surface area contributed by atoms with Gasteiger partial charge in [-0.05, 0) is 34.6 Å². The molecule has 0 radical (unpaired) electrons. The van der Waals surface area contributed by atoms with Crippen LogP contribution in [-0.2, 0) is 16.0 Å². The highest BCUT2D eigenvalue weighted by Gasteiger charge is 2.24. The number of hydrogen-bond acceptors (Lipinski definition) is 5. The van der Waals surface area contributed by atoms with Crippen molar-refractivity contribution in [1.29, 1.82) is 0 Å². The highest BCUT2D eigenvalue weighted by molar-refractivity contribution is 5.76. The van der Waals surface area contributed by atoms with E-state index < -0.39 is 17.6 Å². The van der Waals surface area contributed by atoms with Crippen LogP contribution in [0.2, 0.25) is 0 Å². The molecule has 1 aromatic heterocycles. The third kappa shape index (κ3) is 4.10. The second-order valence-electron chi connectivity index (χ2n) is 5.56. The van der Waals surface area contributed by atoms with E-state index >= 15 is 0 Å². The lowest BCUT2D eigenvalue weighted by molar-refractivity contribution is -0.156. The largest absolute Gasteiger partial charge is 0.459 e. The molecule has 6 nitrogen and oxygen atoms in total. The summed E-state index contributed by atoms with van der Waals surface area (Å²) in [7, 11) is 0. The molecule has 102 valence electrons. The van der Waals surface area contributed by atoms with Crippen LogP contribution in [-0.4, -0.2) is 32.4 Å². The maximum Gasteiger partial charge on any atom is 0.323 e. The molecule has 0 aliphatic rings. The zero-order valence-electron chi connectivity index (χ0n) is 11.7. The number of esters is 1. The molecule has 0 bridgehead atoms. The lowest BCUT2D eigenvalue weighted by Gasteiger charge is -2.22. The van der Waals surface area contributed by atoms with E-state index in [2.05, 4.69) is 10.1 Å². The Kier molecular flexibility index (Phi) is 4.45. The molecule has 1 unspecified atom stereocenters.